The van der Waals surface area contributed by atoms with Gasteiger partial charge in [-0.3, -0.25) is 14.4 Å². The summed E-state index contributed by atoms with van der Waals surface area (Å²) in [5, 5.41) is 8.02. The van der Waals surface area contributed by atoms with Crippen LogP contribution >= 0.6 is 0 Å². The van der Waals surface area contributed by atoms with Gasteiger partial charge in [0.25, 0.3) is 11.8 Å². The van der Waals surface area contributed by atoms with E-state index in [4.69, 9.17) is 34.2 Å². The third kappa shape index (κ3) is 18.0. The number of benzene rings is 2. The standard InChI is InChI=1S/C50H64N6O13/c1-10-12-13-14-25-65-47(62)56-42(51)32-17-19-33(20-18-32)53-43(58)36-26-31(11-2)39(64-9)27-35(36)34-21-22-37(44(59)52-28-30-15-16-30)54-41(34)46(61)67-29-66-45(60)38(55-48(63)69-50(6,7)8)23-24-40(57)68-49(3,4)5/h11,17-22,26-27,30,38H,2,10,12-16,23-25,28-29H2,1,3-9H3,(H,52,59)(H,53,58)(H,55,63)(H2,51,56,62)/t38-/m0/s1. The second-order valence-corrected chi connectivity index (χ2v) is 18.1. The fourth-order valence-electron chi connectivity index (χ4n) is 6.42. The van der Waals surface area contributed by atoms with Crippen LogP contribution in [0.5, 0.6) is 5.75 Å². The minimum Gasteiger partial charge on any atom is -0.496 e. The lowest BCUT2D eigenvalue weighted by atomic mass is 9.94. The molecule has 1 aliphatic rings. The van der Waals surface area contributed by atoms with Crippen LogP contribution in [-0.4, -0.2) is 97.0 Å². The lowest BCUT2D eigenvalue weighted by Crippen LogP contribution is -2.45. The first-order chi connectivity index (χ1) is 32.6. The van der Waals surface area contributed by atoms with Gasteiger partial charge in [-0.15, -0.1) is 0 Å². The van der Waals surface area contributed by atoms with E-state index in [0.717, 1.165) is 38.5 Å². The molecule has 1 atom stereocenters. The number of unbranched alkanes of at least 4 members (excludes halogenated alkanes) is 3. The minimum absolute atomic E-state index is 0.0202. The van der Waals surface area contributed by atoms with Crippen LogP contribution in [0, 0.1) is 5.92 Å². The molecule has 1 fully saturated rings. The summed E-state index contributed by atoms with van der Waals surface area (Å²) in [6, 6.07) is 10.6. The van der Waals surface area contributed by atoms with Gasteiger partial charge in [0.2, 0.25) is 6.79 Å². The number of amides is 4. The number of esters is 3. The number of nitrogens with one attached hydrogen (secondary N) is 3. The van der Waals surface area contributed by atoms with E-state index in [1.54, 1.807) is 65.8 Å². The van der Waals surface area contributed by atoms with Crippen molar-refractivity contribution in [3.8, 4) is 16.9 Å². The van der Waals surface area contributed by atoms with E-state index in [0.29, 0.717) is 29.3 Å². The molecule has 19 nitrogen and oxygen atoms in total. The number of pyridine rings is 1. The number of hydrogen-bond acceptors (Lipinski definition) is 14. The van der Waals surface area contributed by atoms with Gasteiger partial charge in [-0.2, -0.15) is 4.99 Å². The van der Waals surface area contributed by atoms with Gasteiger partial charge in [0, 0.05) is 46.5 Å². The molecule has 0 unspecified atom stereocenters. The maximum absolute atomic E-state index is 14.2. The number of ether oxygens (including phenoxy) is 6. The maximum atomic E-state index is 14.2. The number of anilines is 1. The molecule has 1 aromatic heterocycles. The van der Waals surface area contributed by atoms with Crippen molar-refractivity contribution < 1.29 is 62.0 Å². The van der Waals surface area contributed by atoms with Crippen LogP contribution in [0.4, 0.5) is 15.3 Å². The lowest BCUT2D eigenvalue weighted by Gasteiger charge is -2.23. The Labute approximate surface area is 402 Å². The van der Waals surface area contributed by atoms with Gasteiger partial charge in [0.15, 0.2) is 5.69 Å². The number of methoxy groups -OCH3 is 1. The second-order valence-electron chi connectivity index (χ2n) is 18.1. The fraction of sp³-hybridized carbons (Fsp3) is 0.460. The molecule has 2 aromatic carbocycles. The minimum atomic E-state index is -1.43. The van der Waals surface area contributed by atoms with E-state index < -0.39 is 71.6 Å². The first-order valence-corrected chi connectivity index (χ1v) is 22.7. The summed E-state index contributed by atoms with van der Waals surface area (Å²) in [5.41, 5.74) is 5.09. The number of nitrogens with two attached hydrogens (primary N) is 1. The molecular formula is C50H64N6O13. The third-order valence-electron chi connectivity index (χ3n) is 9.99. The smallest absolute Gasteiger partial charge is 0.435 e. The van der Waals surface area contributed by atoms with E-state index in [-0.39, 0.29) is 53.4 Å². The number of hydrogen-bond donors (Lipinski definition) is 4. The SMILES string of the molecule is C=Cc1cc(C(=O)Nc2ccc(C(N)=NC(=O)OCCCCCC)cc2)c(-c2ccc(C(=O)NCC3CC3)nc2C(=O)OCOC(=O)[C@H](CCC(=O)OC(C)(C)C)NC(=O)OC(C)(C)C)cc1OC. The first kappa shape index (κ1) is 54.3. The molecule has 0 spiro atoms. The van der Waals surface area contributed by atoms with Gasteiger partial charge in [-0.05, 0) is 122 Å². The molecule has 19 heteroatoms. The number of nitrogens with zero attached hydrogens (tertiary/aromatic N) is 2. The lowest BCUT2D eigenvalue weighted by molar-refractivity contribution is -0.157. The molecule has 372 valence electrons. The number of carbonyl (C=O) groups excluding carboxylic acids is 7. The molecule has 1 saturated carbocycles. The van der Waals surface area contributed by atoms with Crippen molar-refractivity contribution in [1.82, 2.24) is 15.6 Å². The summed E-state index contributed by atoms with van der Waals surface area (Å²) in [6.07, 6.45) is 4.81. The van der Waals surface area contributed by atoms with Crippen molar-refractivity contribution in [1.29, 1.82) is 0 Å². The number of aromatic nitrogens is 1. The van der Waals surface area contributed by atoms with E-state index >= 15 is 0 Å². The molecule has 4 amide bonds. The van der Waals surface area contributed by atoms with Gasteiger partial charge < -0.3 is 50.1 Å². The molecule has 0 saturated heterocycles. The largest absolute Gasteiger partial charge is 0.496 e. The number of amidine groups is 1. The highest BCUT2D eigenvalue weighted by Crippen LogP contribution is 2.35. The van der Waals surface area contributed by atoms with Crippen molar-refractivity contribution in [3.63, 3.8) is 0 Å². The highest BCUT2D eigenvalue weighted by molar-refractivity contribution is 6.11. The summed E-state index contributed by atoms with van der Waals surface area (Å²) in [6.45, 7) is 15.5. The van der Waals surface area contributed by atoms with Crippen molar-refractivity contribution in [3.05, 3.63) is 83.2 Å². The normalized spacial score (nSPS) is 13.0. The predicted molar refractivity (Wildman–Crippen MR) is 257 cm³/mol. The van der Waals surface area contributed by atoms with Crippen molar-refractivity contribution >= 4 is 59.5 Å². The molecular weight excluding hydrogens is 893 g/mol. The molecule has 1 heterocycles. The molecule has 0 radical (unpaired) electrons. The van der Waals surface area contributed by atoms with Crippen molar-refractivity contribution in [2.75, 3.05) is 32.4 Å². The number of aliphatic imine (C=N–C) groups is 1. The fourth-order valence-corrected chi connectivity index (χ4v) is 6.42. The molecule has 5 N–H and O–H groups in total. The maximum Gasteiger partial charge on any atom is 0.435 e. The summed E-state index contributed by atoms with van der Waals surface area (Å²) in [7, 11) is 1.41. The predicted octanol–water partition coefficient (Wildman–Crippen LogP) is 7.89. The van der Waals surface area contributed by atoms with Gasteiger partial charge in [-0.1, -0.05) is 38.8 Å². The molecule has 0 aliphatic heterocycles. The van der Waals surface area contributed by atoms with Crippen LogP contribution in [0.2, 0.25) is 0 Å². The number of carbonyl (C=O) groups is 7. The first-order valence-electron chi connectivity index (χ1n) is 22.7. The quantitative estimate of drug-likeness (QED) is 0.0186. The Hall–Kier alpha value is -7.31. The summed E-state index contributed by atoms with van der Waals surface area (Å²) in [5.74, 6) is -3.56. The van der Waals surface area contributed by atoms with Gasteiger partial charge in [0.05, 0.1) is 13.7 Å². The average molecular weight is 957 g/mol. The molecule has 1 aliphatic carbocycles. The number of alkyl carbamates (subject to hydrolysis) is 1. The Bertz CT molecular complexity index is 2380. The Kier molecular flexibility index (Phi) is 19.8. The van der Waals surface area contributed by atoms with E-state index in [9.17, 15) is 33.6 Å². The zero-order valence-electron chi connectivity index (χ0n) is 40.6. The zero-order chi connectivity index (χ0) is 50.9. The summed E-state index contributed by atoms with van der Waals surface area (Å²) < 4.78 is 32.1. The molecule has 3 aromatic rings. The topological polar surface area (TPSA) is 262 Å². The van der Waals surface area contributed by atoms with Crippen LogP contribution in [0.1, 0.15) is 142 Å². The molecule has 4 rings (SSSR count). The Morgan fingerprint density at radius 1 is 0.870 bits per heavy atom. The van der Waals surface area contributed by atoms with E-state index in [2.05, 4.69) is 39.4 Å². The molecule has 69 heavy (non-hydrogen) atoms. The average Bonchev–Trinajstić information content (AvgIpc) is 4.12. The zero-order valence-corrected chi connectivity index (χ0v) is 40.6. The van der Waals surface area contributed by atoms with Crippen LogP contribution in [-0.2, 0) is 33.3 Å². The van der Waals surface area contributed by atoms with E-state index in [1.807, 2.05) is 0 Å². The van der Waals surface area contributed by atoms with Gasteiger partial charge in [-0.25, -0.2) is 24.2 Å². The van der Waals surface area contributed by atoms with Crippen LogP contribution < -0.4 is 26.4 Å². The van der Waals surface area contributed by atoms with Crippen molar-refractivity contribution in [2.45, 2.75) is 117 Å². The van der Waals surface area contributed by atoms with Crippen molar-refractivity contribution in [2.24, 2.45) is 16.6 Å². The monoisotopic (exact) mass is 956 g/mol. The summed E-state index contributed by atoms with van der Waals surface area (Å²) in [4.78, 5) is 101. The second kappa shape index (κ2) is 25.2. The summed E-state index contributed by atoms with van der Waals surface area (Å²) >= 11 is 0. The van der Waals surface area contributed by atoms with Crippen LogP contribution in [0.15, 0.2) is 60.1 Å². The Morgan fingerprint density at radius 2 is 1.57 bits per heavy atom. The van der Waals surface area contributed by atoms with E-state index in [1.165, 1.54) is 37.5 Å². The Morgan fingerprint density at radius 3 is 2.19 bits per heavy atom. The van der Waals surface area contributed by atoms with Gasteiger partial charge >= 0.3 is 30.1 Å². The highest BCUT2D eigenvalue weighted by Gasteiger charge is 2.30. The third-order valence-corrected chi connectivity index (χ3v) is 9.99. The number of rotatable bonds is 22. The molecule has 0 bridgehead atoms. The van der Waals surface area contributed by atoms with Gasteiger partial charge in [0.1, 0.15) is 34.5 Å². The van der Waals surface area contributed by atoms with Crippen LogP contribution in [0.25, 0.3) is 17.2 Å². The Balaban J connectivity index is 1.63. The highest BCUT2D eigenvalue weighted by atomic mass is 16.7. The van der Waals surface area contributed by atoms with Crippen LogP contribution in [0.3, 0.4) is 0 Å².